The molecule has 0 spiro atoms. The second kappa shape index (κ2) is 4.17. The van der Waals surface area contributed by atoms with Gasteiger partial charge in [-0.15, -0.1) is 0 Å². The van der Waals surface area contributed by atoms with Gasteiger partial charge in [-0.1, -0.05) is 0 Å². The molecule has 0 aromatic rings. The molecule has 1 saturated carbocycles. The minimum absolute atomic E-state index is 0.0794. The first kappa shape index (κ1) is 9.77. The largest absolute Gasteiger partial charge is 0.395 e. The van der Waals surface area contributed by atoms with Crippen LogP contribution in [0.3, 0.4) is 0 Å². The summed E-state index contributed by atoms with van der Waals surface area (Å²) in [5.74, 6) is 0. The maximum absolute atomic E-state index is 12.0. The first-order chi connectivity index (χ1) is 6.83. The molecule has 0 bridgehead atoms. The summed E-state index contributed by atoms with van der Waals surface area (Å²) in [4.78, 5) is 15.7. The van der Waals surface area contributed by atoms with E-state index < -0.39 is 0 Å². The summed E-state index contributed by atoms with van der Waals surface area (Å²) in [6.45, 7) is 2.37. The Morgan fingerprint density at radius 2 is 2.00 bits per heavy atom. The van der Waals surface area contributed by atoms with Crippen molar-refractivity contribution in [3.63, 3.8) is 0 Å². The Bertz CT molecular complexity index is 210. The summed E-state index contributed by atoms with van der Waals surface area (Å²) in [6.07, 6.45) is 4.48. The van der Waals surface area contributed by atoms with Gasteiger partial charge in [0.1, 0.15) is 0 Å². The van der Waals surface area contributed by atoms with Gasteiger partial charge in [0.25, 0.3) is 0 Å². The predicted molar refractivity (Wildman–Crippen MR) is 53.0 cm³/mol. The Kier molecular flexibility index (Phi) is 2.91. The average molecular weight is 198 g/mol. The van der Waals surface area contributed by atoms with E-state index in [1.165, 1.54) is 0 Å². The first-order valence-electron chi connectivity index (χ1n) is 5.49. The maximum atomic E-state index is 12.0. The smallest absolute Gasteiger partial charge is 0.320 e. The summed E-state index contributed by atoms with van der Waals surface area (Å²) in [6, 6.07) is 0.550. The molecule has 0 aromatic heterocycles. The van der Waals surface area contributed by atoms with Crippen LogP contribution in [0, 0.1) is 0 Å². The number of aliphatic hydroxyl groups is 1. The van der Waals surface area contributed by atoms with Gasteiger partial charge in [0.05, 0.1) is 6.61 Å². The van der Waals surface area contributed by atoms with Gasteiger partial charge in [-0.2, -0.15) is 0 Å². The number of urea groups is 1. The molecule has 4 nitrogen and oxygen atoms in total. The topological polar surface area (TPSA) is 43.8 Å². The highest BCUT2D eigenvalue weighted by atomic mass is 16.3. The number of carbonyl (C=O) groups is 1. The molecular formula is C10H18N2O2. The molecule has 1 N–H and O–H groups in total. The Morgan fingerprint density at radius 1 is 1.36 bits per heavy atom. The average Bonchev–Trinajstić information content (AvgIpc) is 2.88. The highest BCUT2D eigenvalue weighted by Crippen LogP contribution is 2.28. The van der Waals surface area contributed by atoms with Crippen molar-refractivity contribution in [2.45, 2.75) is 31.7 Å². The van der Waals surface area contributed by atoms with E-state index in [1.54, 1.807) is 0 Å². The summed E-state index contributed by atoms with van der Waals surface area (Å²) < 4.78 is 0. The zero-order valence-electron chi connectivity index (χ0n) is 8.48. The zero-order valence-corrected chi connectivity index (χ0v) is 8.48. The summed E-state index contributed by atoms with van der Waals surface area (Å²) in [7, 11) is 0. The van der Waals surface area contributed by atoms with E-state index in [0.29, 0.717) is 12.6 Å². The monoisotopic (exact) mass is 198 g/mol. The van der Waals surface area contributed by atoms with Crippen LogP contribution >= 0.6 is 0 Å². The second-order valence-electron chi connectivity index (χ2n) is 4.12. The van der Waals surface area contributed by atoms with Gasteiger partial charge in [-0.3, -0.25) is 0 Å². The number of amides is 2. The molecule has 80 valence electrons. The van der Waals surface area contributed by atoms with E-state index in [1.807, 2.05) is 9.80 Å². The number of hydrogen-bond acceptors (Lipinski definition) is 2. The number of hydrogen-bond donors (Lipinski definition) is 1. The van der Waals surface area contributed by atoms with Crippen molar-refractivity contribution in [1.82, 2.24) is 9.80 Å². The Labute approximate surface area is 84.5 Å². The standard InChI is InChI=1S/C10H18N2O2/c13-8-7-12(9-3-4-9)10(14)11-5-1-2-6-11/h9,13H,1-8H2. The molecular weight excluding hydrogens is 180 g/mol. The molecule has 1 aliphatic carbocycles. The number of likely N-dealkylation sites (tertiary alicyclic amines) is 1. The van der Waals surface area contributed by atoms with Gasteiger partial charge < -0.3 is 14.9 Å². The Hall–Kier alpha value is -0.770. The first-order valence-corrected chi connectivity index (χ1v) is 5.49. The minimum atomic E-state index is 0.0794. The fourth-order valence-corrected chi connectivity index (χ4v) is 2.02. The van der Waals surface area contributed by atoms with Crippen molar-refractivity contribution < 1.29 is 9.90 Å². The van der Waals surface area contributed by atoms with Gasteiger partial charge >= 0.3 is 6.03 Å². The van der Waals surface area contributed by atoms with Crippen molar-refractivity contribution in [2.24, 2.45) is 0 Å². The normalized spacial score (nSPS) is 21.4. The third kappa shape index (κ3) is 2.00. The van der Waals surface area contributed by atoms with Crippen LogP contribution < -0.4 is 0 Å². The van der Waals surface area contributed by atoms with Crippen molar-refractivity contribution >= 4 is 6.03 Å². The fourth-order valence-electron chi connectivity index (χ4n) is 2.02. The van der Waals surface area contributed by atoms with Crippen LogP contribution in [-0.4, -0.2) is 53.2 Å². The molecule has 0 atom stereocenters. The molecule has 2 fully saturated rings. The van der Waals surface area contributed by atoms with E-state index >= 15 is 0 Å². The van der Waals surface area contributed by atoms with Crippen molar-refractivity contribution in [2.75, 3.05) is 26.2 Å². The molecule has 0 aromatic carbocycles. The second-order valence-corrected chi connectivity index (χ2v) is 4.12. The Morgan fingerprint density at radius 3 is 2.50 bits per heavy atom. The zero-order chi connectivity index (χ0) is 9.97. The van der Waals surface area contributed by atoms with Crippen LogP contribution in [0.1, 0.15) is 25.7 Å². The lowest BCUT2D eigenvalue weighted by molar-refractivity contribution is 0.144. The molecule has 1 heterocycles. The van der Waals surface area contributed by atoms with Crippen molar-refractivity contribution in [3.05, 3.63) is 0 Å². The molecule has 4 heteroatoms. The third-order valence-electron chi connectivity index (χ3n) is 2.95. The van der Waals surface area contributed by atoms with E-state index in [9.17, 15) is 4.79 Å². The predicted octanol–water partition coefficient (Wildman–Crippen LogP) is 0.659. The highest BCUT2D eigenvalue weighted by molar-refractivity contribution is 5.75. The van der Waals surface area contributed by atoms with Crippen LogP contribution in [0.4, 0.5) is 4.79 Å². The van der Waals surface area contributed by atoms with Crippen molar-refractivity contribution in [1.29, 1.82) is 0 Å². The van der Waals surface area contributed by atoms with Crippen LogP contribution in [0.2, 0.25) is 0 Å². The molecule has 2 amide bonds. The lowest BCUT2D eigenvalue weighted by Crippen LogP contribution is -2.44. The number of rotatable bonds is 3. The number of nitrogens with zero attached hydrogens (tertiary/aromatic N) is 2. The lowest BCUT2D eigenvalue weighted by atomic mass is 10.4. The molecule has 2 rings (SSSR count). The fraction of sp³-hybridized carbons (Fsp3) is 0.900. The van der Waals surface area contributed by atoms with Crippen molar-refractivity contribution in [3.8, 4) is 0 Å². The van der Waals surface area contributed by atoms with Gasteiger partial charge in [-0.25, -0.2) is 4.79 Å². The number of aliphatic hydroxyl groups excluding tert-OH is 1. The van der Waals surface area contributed by atoms with Gasteiger partial charge in [0, 0.05) is 25.7 Å². The number of carbonyl (C=O) groups excluding carboxylic acids is 1. The molecule has 0 unspecified atom stereocenters. The van der Waals surface area contributed by atoms with Gasteiger partial charge in [-0.05, 0) is 25.7 Å². The summed E-state index contributed by atoms with van der Waals surface area (Å²) in [5, 5.41) is 8.89. The maximum Gasteiger partial charge on any atom is 0.320 e. The van der Waals surface area contributed by atoms with Crippen LogP contribution in [-0.2, 0) is 0 Å². The molecule has 1 aliphatic heterocycles. The minimum Gasteiger partial charge on any atom is -0.395 e. The van der Waals surface area contributed by atoms with E-state index in [2.05, 4.69) is 0 Å². The lowest BCUT2D eigenvalue weighted by Gasteiger charge is -2.27. The quantitative estimate of drug-likeness (QED) is 0.724. The summed E-state index contributed by atoms with van der Waals surface area (Å²) in [5.41, 5.74) is 0. The molecule has 14 heavy (non-hydrogen) atoms. The van der Waals surface area contributed by atoms with E-state index in [0.717, 1.165) is 38.8 Å². The van der Waals surface area contributed by atoms with Gasteiger partial charge in [0.2, 0.25) is 0 Å². The van der Waals surface area contributed by atoms with E-state index in [-0.39, 0.29) is 12.6 Å². The SMILES string of the molecule is O=C(N1CCCC1)N(CCO)C1CC1. The third-order valence-corrected chi connectivity index (χ3v) is 2.95. The molecule has 1 saturated heterocycles. The summed E-state index contributed by atoms with van der Waals surface area (Å²) >= 11 is 0. The van der Waals surface area contributed by atoms with Crippen LogP contribution in [0.5, 0.6) is 0 Å². The van der Waals surface area contributed by atoms with E-state index in [4.69, 9.17) is 5.11 Å². The molecule has 2 aliphatic rings. The Balaban J connectivity index is 1.91. The van der Waals surface area contributed by atoms with Gasteiger partial charge in [0.15, 0.2) is 0 Å². The molecule has 0 radical (unpaired) electrons. The highest BCUT2D eigenvalue weighted by Gasteiger charge is 2.34. The van der Waals surface area contributed by atoms with Crippen LogP contribution in [0.25, 0.3) is 0 Å². The van der Waals surface area contributed by atoms with Crippen LogP contribution in [0.15, 0.2) is 0 Å².